The molecule has 226 valence electrons. The fourth-order valence-electron chi connectivity index (χ4n) is 4.81. The number of amides is 1. The van der Waals surface area contributed by atoms with E-state index in [4.69, 9.17) is 28.4 Å². The minimum Gasteiger partial charge on any atom is -0.726 e. The van der Waals surface area contributed by atoms with Crippen LogP contribution in [0.4, 0.5) is 0 Å². The first-order chi connectivity index (χ1) is 18.9. The number of nitrogens with one attached hydrogen (secondary N) is 1. The Morgan fingerprint density at radius 3 is 2.27 bits per heavy atom. The van der Waals surface area contributed by atoms with Crippen molar-refractivity contribution in [2.24, 2.45) is 0 Å². The molecule has 14 heteroatoms. The molecule has 2 aliphatic heterocycles. The molecule has 3 rings (SSSR count). The predicted molar refractivity (Wildman–Crippen MR) is 142 cm³/mol. The van der Waals surface area contributed by atoms with Gasteiger partial charge < -0.3 is 38.3 Å². The van der Waals surface area contributed by atoms with Crippen LogP contribution < -0.4 is 56.7 Å². The number of ether oxygens (including phenoxy) is 6. The van der Waals surface area contributed by atoms with Gasteiger partial charge in [-0.25, -0.2) is 8.42 Å². The van der Waals surface area contributed by atoms with Gasteiger partial charge in [-0.1, -0.05) is 36.4 Å². The fraction of sp³-hybridized carbons (Fsp3) is 0.667. The summed E-state index contributed by atoms with van der Waals surface area (Å²) in [6, 6.07) is 8.73. The molecule has 0 unspecified atom stereocenters. The van der Waals surface area contributed by atoms with Crippen molar-refractivity contribution in [1.29, 1.82) is 0 Å². The molecule has 2 fully saturated rings. The first-order valence-corrected chi connectivity index (χ1v) is 14.7. The number of hydrogen-bond donors (Lipinski definition) is 1. The van der Waals surface area contributed by atoms with Gasteiger partial charge in [0, 0.05) is 19.6 Å². The van der Waals surface area contributed by atoms with Crippen LogP contribution in [-0.2, 0) is 54.2 Å². The van der Waals surface area contributed by atoms with Crippen LogP contribution in [0.2, 0.25) is 0 Å². The van der Waals surface area contributed by atoms with Crippen LogP contribution in [0.25, 0.3) is 0 Å². The molecule has 0 bridgehead atoms. The molecule has 7 atom stereocenters. The van der Waals surface area contributed by atoms with E-state index in [1.165, 1.54) is 0 Å². The second-order valence-electron chi connectivity index (χ2n) is 9.69. The monoisotopic (exact) mass is 625 g/mol. The summed E-state index contributed by atoms with van der Waals surface area (Å²) in [5, 5.41) is 2.92. The van der Waals surface area contributed by atoms with Crippen LogP contribution in [0.15, 0.2) is 43.0 Å². The van der Waals surface area contributed by atoms with E-state index in [9.17, 15) is 17.8 Å². The number of carbonyl (C=O) groups excluding carboxylic acids is 1. The Hall–Kier alpha value is -0.304. The third kappa shape index (κ3) is 10.1. The summed E-state index contributed by atoms with van der Waals surface area (Å²) in [4.78, 5) is 12.9. The summed E-state index contributed by atoms with van der Waals surface area (Å²) in [6.07, 6.45) is -1.46. The minimum absolute atomic E-state index is 0. The molecule has 2 saturated heterocycles. The molecule has 0 aromatic heterocycles. The molecule has 1 amide bonds. The van der Waals surface area contributed by atoms with E-state index < -0.39 is 59.2 Å². The predicted octanol–water partition coefficient (Wildman–Crippen LogP) is -0.808. The maximum Gasteiger partial charge on any atom is 1.00 e. The normalized spacial score (nSPS) is 31.5. The molecule has 0 aliphatic carbocycles. The molecule has 1 aromatic rings. The molecule has 12 nitrogen and oxygen atoms in total. The van der Waals surface area contributed by atoms with E-state index in [-0.39, 0.29) is 83.5 Å². The standard InChI is InChI=1S/C27H41NO11S.K/c1-6-9-15-21(29)28-22-24-23(38-26(4,34-7-2)27(5,39-24)35-8-3)20(18-36-40(30,31)32)37-25(22)33-17-16-19-13-11-10-12-14-19;/h6,10-14,20,22-25H,1,7-9,15-18H2,2-5H3,(H,28,29)(H,30,31,32);/q;+1/p-1/t20-,22-,23-,24-,25+,26+,27+;/m1./s1. The van der Waals surface area contributed by atoms with Crippen molar-refractivity contribution in [3.05, 3.63) is 48.6 Å². The SMILES string of the molecule is C=CCCC(=O)N[C@H]1[C@@H](OCCc2ccccc2)O[C@H](COS(=O)(=O)[O-])[C@H]2O[C@](C)(OCC)[C@@](C)(OCC)O[C@H]12.[K+]. The third-order valence-electron chi connectivity index (χ3n) is 6.83. The summed E-state index contributed by atoms with van der Waals surface area (Å²) < 4.78 is 75.5. The number of benzene rings is 1. The van der Waals surface area contributed by atoms with E-state index in [0.717, 1.165) is 5.56 Å². The van der Waals surface area contributed by atoms with Crippen LogP contribution in [0.5, 0.6) is 0 Å². The summed E-state index contributed by atoms with van der Waals surface area (Å²) in [6.45, 7) is 10.5. The summed E-state index contributed by atoms with van der Waals surface area (Å²) >= 11 is 0. The molecule has 1 N–H and O–H groups in total. The van der Waals surface area contributed by atoms with Gasteiger partial charge in [0.05, 0.1) is 13.2 Å². The van der Waals surface area contributed by atoms with Crippen LogP contribution in [-0.4, -0.2) is 87.5 Å². The number of carbonyl (C=O) groups is 1. The maximum atomic E-state index is 12.9. The average Bonchev–Trinajstić information content (AvgIpc) is 2.89. The Morgan fingerprint density at radius 2 is 1.71 bits per heavy atom. The number of fused-ring (bicyclic) bond motifs is 1. The Kier molecular flexibility index (Phi) is 15.0. The zero-order chi connectivity index (χ0) is 29.4. The average molecular weight is 626 g/mol. The van der Waals surface area contributed by atoms with Crippen LogP contribution in [0, 0.1) is 0 Å². The molecule has 1 aromatic carbocycles. The van der Waals surface area contributed by atoms with Crippen molar-refractivity contribution in [2.75, 3.05) is 26.4 Å². The van der Waals surface area contributed by atoms with Gasteiger partial charge in [-0.15, -0.1) is 6.58 Å². The van der Waals surface area contributed by atoms with Crippen molar-refractivity contribution in [3.8, 4) is 0 Å². The van der Waals surface area contributed by atoms with E-state index >= 15 is 0 Å². The van der Waals surface area contributed by atoms with Gasteiger partial charge in [-0.3, -0.25) is 8.98 Å². The van der Waals surface area contributed by atoms with Crippen LogP contribution >= 0.6 is 0 Å². The molecular weight excluding hydrogens is 585 g/mol. The smallest absolute Gasteiger partial charge is 0.726 e. The van der Waals surface area contributed by atoms with Crippen molar-refractivity contribution >= 4 is 16.3 Å². The fourth-order valence-corrected chi connectivity index (χ4v) is 5.11. The third-order valence-corrected chi connectivity index (χ3v) is 7.25. The van der Waals surface area contributed by atoms with Gasteiger partial charge in [-0.2, -0.15) is 0 Å². The van der Waals surface area contributed by atoms with E-state index in [0.29, 0.717) is 12.8 Å². The van der Waals surface area contributed by atoms with Crippen LogP contribution in [0.3, 0.4) is 0 Å². The summed E-state index contributed by atoms with van der Waals surface area (Å²) in [5.41, 5.74) is 1.02. The molecule has 0 saturated carbocycles. The maximum absolute atomic E-state index is 12.9. The topological polar surface area (TPSA) is 151 Å². The zero-order valence-electron chi connectivity index (χ0n) is 24.4. The summed E-state index contributed by atoms with van der Waals surface area (Å²) in [5.74, 6) is -3.21. The Labute approximate surface area is 285 Å². The number of allylic oxidation sites excluding steroid dienone is 1. The van der Waals surface area contributed by atoms with Gasteiger partial charge >= 0.3 is 51.4 Å². The summed E-state index contributed by atoms with van der Waals surface area (Å²) in [7, 11) is -5.05. The molecule has 2 heterocycles. The molecule has 41 heavy (non-hydrogen) atoms. The molecule has 0 radical (unpaired) electrons. The first-order valence-electron chi connectivity index (χ1n) is 13.4. The minimum atomic E-state index is -5.05. The van der Waals surface area contributed by atoms with Crippen LogP contribution in [0.1, 0.15) is 46.1 Å². The van der Waals surface area contributed by atoms with Crippen molar-refractivity contribution in [3.63, 3.8) is 0 Å². The van der Waals surface area contributed by atoms with E-state index in [1.54, 1.807) is 33.8 Å². The molecule has 2 aliphatic rings. The van der Waals surface area contributed by atoms with E-state index in [1.807, 2.05) is 30.3 Å². The second-order valence-corrected chi connectivity index (χ2v) is 10.7. The Morgan fingerprint density at radius 1 is 1.10 bits per heavy atom. The van der Waals surface area contributed by atoms with Crippen molar-refractivity contribution < 1.29 is 102 Å². The quantitative estimate of drug-likeness (QED) is 0.113. The molecular formula is C27H40KNO11S. The van der Waals surface area contributed by atoms with Crippen molar-refractivity contribution in [2.45, 2.75) is 89.2 Å². The Bertz CT molecular complexity index is 1080. The van der Waals surface area contributed by atoms with Gasteiger partial charge in [0.15, 0.2) is 6.29 Å². The Balaban J connectivity index is 0.00000588. The second kappa shape index (κ2) is 16.7. The van der Waals surface area contributed by atoms with Gasteiger partial charge in [0.25, 0.3) is 0 Å². The first kappa shape index (κ1) is 36.9. The zero-order valence-corrected chi connectivity index (χ0v) is 28.3. The molecule has 0 spiro atoms. The van der Waals surface area contributed by atoms with E-state index in [2.05, 4.69) is 16.1 Å². The number of rotatable bonds is 15. The largest absolute Gasteiger partial charge is 1.00 e. The van der Waals surface area contributed by atoms with Gasteiger partial charge in [-0.05, 0) is 46.1 Å². The van der Waals surface area contributed by atoms with Crippen molar-refractivity contribution in [1.82, 2.24) is 5.32 Å². The van der Waals surface area contributed by atoms with Gasteiger partial charge in [0.2, 0.25) is 27.9 Å². The van der Waals surface area contributed by atoms with Gasteiger partial charge in [0.1, 0.15) is 24.4 Å². The number of hydrogen-bond acceptors (Lipinski definition) is 11.